The average Bonchev–Trinajstić information content (AvgIpc) is 2.62. The third kappa shape index (κ3) is 16.7. The van der Waals surface area contributed by atoms with Gasteiger partial charge in [-0.2, -0.15) is 0 Å². The second-order valence-corrected chi connectivity index (χ2v) is 7.81. The van der Waals surface area contributed by atoms with Gasteiger partial charge < -0.3 is 5.32 Å². The van der Waals surface area contributed by atoms with Gasteiger partial charge in [0.1, 0.15) is 0 Å². The Labute approximate surface area is 158 Å². The summed E-state index contributed by atoms with van der Waals surface area (Å²) in [6, 6.07) is 0. The molecule has 0 heterocycles. The summed E-state index contributed by atoms with van der Waals surface area (Å²) in [7, 11) is 0. The molecule has 2 nitrogen and oxygen atoms in total. The van der Waals surface area contributed by atoms with Crippen LogP contribution in [0.1, 0.15) is 130 Å². The van der Waals surface area contributed by atoms with Gasteiger partial charge >= 0.3 is 0 Å². The predicted molar refractivity (Wildman–Crippen MR) is 112 cm³/mol. The van der Waals surface area contributed by atoms with Crippen molar-refractivity contribution < 1.29 is 4.79 Å². The van der Waals surface area contributed by atoms with Gasteiger partial charge in [0.2, 0.25) is 5.91 Å². The van der Waals surface area contributed by atoms with Gasteiger partial charge in [0, 0.05) is 12.5 Å². The molecule has 0 saturated heterocycles. The van der Waals surface area contributed by atoms with Gasteiger partial charge in [0.25, 0.3) is 0 Å². The molecule has 1 N–H and O–H groups in total. The Morgan fingerprint density at radius 3 is 1.56 bits per heavy atom. The summed E-state index contributed by atoms with van der Waals surface area (Å²) < 4.78 is 0. The molecule has 0 aliphatic carbocycles. The van der Waals surface area contributed by atoms with Gasteiger partial charge in [0.15, 0.2) is 0 Å². The summed E-state index contributed by atoms with van der Waals surface area (Å²) in [5.74, 6) is 0.593. The zero-order valence-corrected chi connectivity index (χ0v) is 17.7. The molecule has 1 unspecified atom stereocenters. The molecule has 0 aliphatic heterocycles. The second-order valence-electron chi connectivity index (χ2n) is 7.81. The Kier molecular flexibility index (Phi) is 19.4. The van der Waals surface area contributed by atoms with Gasteiger partial charge in [-0.1, -0.05) is 111 Å². The highest BCUT2D eigenvalue weighted by molar-refractivity contribution is 5.78. The summed E-state index contributed by atoms with van der Waals surface area (Å²) in [4.78, 5) is 12.5. The van der Waals surface area contributed by atoms with Crippen LogP contribution < -0.4 is 5.32 Å². The normalized spacial score (nSPS) is 12.3. The van der Waals surface area contributed by atoms with E-state index in [2.05, 4.69) is 26.1 Å². The number of carbonyl (C=O) groups is 1. The van der Waals surface area contributed by atoms with Crippen molar-refractivity contribution in [3.8, 4) is 0 Å². The van der Waals surface area contributed by atoms with Crippen LogP contribution in [0.25, 0.3) is 0 Å². The molecule has 0 aromatic heterocycles. The quantitative estimate of drug-likeness (QED) is 0.241. The van der Waals surface area contributed by atoms with E-state index >= 15 is 0 Å². The summed E-state index contributed by atoms with van der Waals surface area (Å²) in [5, 5.41) is 3.22. The number of amides is 1. The molecule has 2 heteroatoms. The van der Waals surface area contributed by atoms with Crippen LogP contribution in [0.2, 0.25) is 0 Å². The number of unbranched alkanes of at least 4 members (excludes halogenated alkanes) is 12. The number of hydrogen-bond donors (Lipinski definition) is 1. The minimum absolute atomic E-state index is 0.262. The van der Waals surface area contributed by atoms with Crippen molar-refractivity contribution in [3.05, 3.63) is 0 Å². The monoisotopic (exact) mass is 353 g/mol. The minimum atomic E-state index is 0.262. The first-order valence-electron chi connectivity index (χ1n) is 11.5. The van der Waals surface area contributed by atoms with Crippen LogP contribution in [0.3, 0.4) is 0 Å². The van der Waals surface area contributed by atoms with Gasteiger partial charge in [0.05, 0.1) is 0 Å². The van der Waals surface area contributed by atoms with E-state index in [0.717, 1.165) is 25.8 Å². The zero-order chi connectivity index (χ0) is 18.6. The third-order valence-corrected chi connectivity index (χ3v) is 5.26. The lowest BCUT2D eigenvalue weighted by Gasteiger charge is -2.17. The number of rotatable bonds is 19. The van der Waals surface area contributed by atoms with Gasteiger partial charge in [-0.15, -0.1) is 0 Å². The number of nitrogens with one attached hydrogen (secondary N) is 1. The molecule has 0 aromatic rings. The maximum atomic E-state index is 12.5. The Balaban J connectivity index is 3.90. The molecule has 150 valence electrons. The van der Waals surface area contributed by atoms with E-state index in [-0.39, 0.29) is 5.92 Å². The fraction of sp³-hybridized carbons (Fsp3) is 0.957. The van der Waals surface area contributed by atoms with Crippen LogP contribution in [0, 0.1) is 5.92 Å². The summed E-state index contributed by atoms with van der Waals surface area (Å²) in [6.07, 6.45) is 21.5. The predicted octanol–water partition coefficient (Wildman–Crippen LogP) is 7.41. The smallest absolute Gasteiger partial charge is 0.223 e. The van der Waals surface area contributed by atoms with Crippen LogP contribution in [0.5, 0.6) is 0 Å². The van der Waals surface area contributed by atoms with Gasteiger partial charge in [-0.05, 0) is 19.3 Å². The van der Waals surface area contributed by atoms with Crippen LogP contribution in [0.15, 0.2) is 0 Å². The highest BCUT2D eigenvalue weighted by atomic mass is 16.1. The third-order valence-electron chi connectivity index (χ3n) is 5.26. The highest BCUT2D eigenvalue weighted by Gasteiger charge is 2.17. The van der Waals surface area contributed by atoms with E-state index in [9.17, 15) is 4.79 Å². The first kappa shape index (κ1) is 24.5. The van der Waals surface area contributed by atoms with E-state index in [1.807, 2.05) is 0 Å². The van der Waals surface area contributed by atoms with E-state index in [4.69, 9.17) is 0 Å². The Morgan fingerprint density at radius 1 is 0.600 bits per heavy atom. The number of hydrogen-bond acceptors (Lipinski definition) is 1. The first-order chi connectivity index (χ1) is 12.3. The summed E-state index contributed by atoms with van der Waals surface area (Å²) in [5.41, 5.74) is 0. The molecule has 1 atom stereocenters. The maximum absolute atomic E-state index is 12.5. The van der Waals surface area contributed by atoms with Crippen LogP contribution in [-0.4, -0.2) is 12.5 Å². The van der Waals surface area contributed by atoms with E-state index in [0.29, 0.717) is 5.91 Å². The lowest BCUT2D eigenvalue weighted by molar-refractivity contribution is -0.125. The molecule has 1 amide bonds. The highest BCUT2D eigenvalue weighted by Crippen LogP contribution is 2.19. The van der Waals surface area contributed by atoms with E-state index < -0.39 is 0 Å². The van der Waals surface area contributed by atoms with E-state index in [1.54, 1.807) is 0 Å². The second kappa shape index (κ2) is 19.8. The fourth-order valence-corrected chi connectivity index (χ4v) is 3.48. The number of carbonyl (C=O) groups excluding carboxylic acids is 1. The molecular formula is C23H47NO. The Bertz CT molecular complexity index is 277. The molecule has 0 saturated carbocycles. The van der Waals surface area contributed by atoms with Crippen molar-refractivity contribution in [3.63, 3.8) is 0 Å². The molecule has 0 spiro atoms. The molecule has 25 heavy (non-hydrogen) atoms. The lowest BCUT2D eigenvalue weighted by atomic mass is 9.93. The van der Waals surface area contributed by atoms with Crippen LogP contribution in [0.4, 0.5) is 0 Å². The van der Waals surface area contributed by atoms with Crippen LogP contribution in [-0.2, 0) is 4.79 Å². The molecule has 0 fully saturated rings. The SMILES string of the molecule is CCCCCCCCCC(CCCCC)C(=O)NCCCCCCC. The lowest BCUT2D eigenvalue weighted by Crippen LogP contribution is -2.31. The van der Waals surface area contributed by atoms with Gasteiger partial charge in [-0.25, -0.2) is 0 Å². The molecule has 0 aromatic carbocycles. The Hall–Kier alpha value is -0.530. The van der Waals surface area contributed by atoms with Crippen LogP contribution >= 0.6 is 0 Å². The molecule has 0 rings (SSSR count). The fourth-order valence-electron chi connectivity index (χ4n) is 3.48. The molecule has 0 bridgehead atoms. The van der Waals surface area contributed by atoms with E-state index in [1.165, 1.54) is 89.9 Å². The van der Waals surface area contributed by atoms with Crippen molar-refractivity contribution in [2.24, 2.45) is 5.92 Å². The molecule has 0 aliphatic rings. The van der Waals surface area contributed by atoms with Crippen molar-refractivity contribution in [1.82, 2.24) is 5.32 Å². The minimum Gasteiger partial charge on any atom is -0.356 e. The molecule has 0 radical (unpaired) electrons. The van der Waals surface area contributed by atoms with Crippen molar-refractivity contribution in [1.29, 1.82) is 0 Å². The largest absolute Gasteiger partial charge is 0.356 e. The Morgan fingerprint density at radius 2 is 1.00 bits per heavy atom. The van der Waals surface area contributed by atoms with Gasteiger partial charge in [-0.3, -0.25) is 4.79 Å². The average molecular weight is 354 g/mol. The maximum Gasteiger partial charge on any atom is 0.223 e. The standard InChI is InChI=1S/C23H47NO/c1-4-7-10-12-13-14-17-20-22(19-16-9-6-3)23(25)24-21-18-15-11-8-5-2/h22H,4-21H2,1-3H3,(H,24,25). The topological polar surface area (TPSA) is 29.1 Å². The summed E-state index contributed by atoms with van der Waals surface area (Å²) in [6.45, 7) is 7.63. The first-order valence-corrected chi connectivity index (χ1v) is 11.5. The zero-order valence-electron chi connectivity index (χ0n) is 17.7. The molecular weight excluding hydrogens is 306 g/mol. The van der Waals surface area contributed by atoms with Crippen molar-refractivity contribution in [2.75, 3.05) is 6.54 Å². The summed E-state index contributed by atoms with van der Waals surface area (Å²) >= 11 is 0. The van der Waals surface area contributed by atoms with Crippen molar-refractivity contribution in [2.45, 2.75) is 130 Å². The van der Waals surface area contributed by atoms with Crippen molar-refractivity contribution >= 4 is 5.91 Å².